The second-order valence-electron chi connectivity index (χ2n) is 5.81. The van der Waals surface area contributed by atoms with Gasteiger partial charge in [0.2, 0.25) is 6.10 Å². The minimum absolute atomic E-state index is 0.0243. The molecule has 1 aromatic heterocycles. The molecule has 2 heterocycles. The smallest absolute Gasteiger partial charge is 0.283 e. The summed E-state index contributed by atoms with van der Waals surface area (Å²) in [5.74, 6) is -0.118. The van der Waals surface area contributed by atoms with Gasteiger partial charge in [-0.1, -0.05) is 46.9 Å². The number of halogens is 3. The number of ether oxygens (including phenoxy) is 2. The molecular weight excluding hydrogens is 447 g/mol. The van der Waals surface area contributed by atoms with E-state index in [1.54, 1.807) is 36.4 Å². The predicted molar refractivity (Wildman–Crippen MR) is 109 cm³/mol. The minimum atomic E-state index is -0.902. The molecule has 28 heavy (non-hydrogen) atoms. The molecule has 0 spiro atoms. The maximum absolute atomic E-state index is 12.5. The zero-order valence-electron chi connectivity index (χ0n) is 13.9. The lowest BCUT2D eigenvalue weighted by Crippen LogP contribution is -2.50. The van der Waals surface area contributed by atoms with Crippen LogP contribution in [0.25, 0.3) is 10.1 Å². The molecule has 2 aromatic carbocycles. The average molecular weight is 458 g/mol. The average Bonchev–Trinajstić information content (AvgIpc) is 3.02. The Morgan fingerprint density at radius 2 is 1.82 bits per heavy atom. The number of rotatable bonds is 2. The van der Waals surface area contributed by atoms with Crippen LogP contribution in [0.15, 0.2) is 36.4 Å². The first-order chi connectivity index (χ1) is 13.4. The molecule has 144 valence electrons. The third-order valence-corrected chi connectivity index (χ3v) is 6.10. The second-order valence-corrected chi connectivity index (χ2v) is 8.09. The largest absolute Gasteiger partial charge is 0.485 e. The molecule has 1 atom stereocenters. The van der Waals surface area contributed by atoms with Crippen LogP contribution in [0.2, 0.25) is 15.1 Å². The van der Waals surface area contributed by atoms with Gasteiger partial charge < -0.3 is 9.47 Å². The van der Waals surface area contributed by atoms with Gasteiger partial charge >= 0.3 is 0 Å². The molecule has 0 radical (unpaired) electrons. The summed E-state index contributed by atoms with van der Waals surface area (Å²) in [5, 5.41) is 1.51. The molecule has 4 rings (SSSR count). The Hall–Kier alpha value is -2.19. The summed E-state index contributed by atoms with van der Waals surface area (Å²) in [4.78, 5) is 25.0. The van der Waals surface area contributed by atoms with Crippen LogP contribution in [-0.4, -0.2) is 24.5 Å². The highest BCUT2D eigenvalue weighted by Gasteiger charge is 2.28. The number of amides is 2. The molecule has 1 aliphatic rings. The van der Waals surface area contributed by atoms with E-state index in [-0.39, 0.29) is 16.5 Å². The van der Waals surface area contributed by atoms with Gasteiger partial charge in [0.1, 0.15) is 11.5 Å². The summed E-state index contributed by atoms with van der Waals surface area (Å²) in [7, 11) is 0. The summed E-state index contributed by atoms with van der Waals surface area (Å²) in [5.41, 5.74) is 4.66. The van der Waals surface area contributed by atoms with Gasteiger partial charge in [0.25, 0.3) is 11.8 Å². The van der Waals surface area contributed by atoms with Crippen LogP contribution in [0.1, 0.15) is 9.67 Å². The number of nitrogens with one attached hydrogen (secondary N) is 2. The Morgan fingerprint density at radius 1 is 1.07 bits per heavy atom. The number of benzene rings is 2. The van der Waals surface area contributed by atoms with Crippen LogP contribution in [0, 0.1) is 0 Å². The van der Waals surface area contributed by atoms with Crippen molar-refractivity contribution < 1.29 is 19.1 Å². The van der Waals surface area contributed by atoms with E-state index < -0.39 is 17.9 Å². The van der Waals surface area contributed by atoms with Crippen LogP contribution in [-0.2, 0) is 4.79 Å². The fourth-order valence-corrected chi connectivity index (χ4v) is 4.94. The maximum Gasteiger partial charge on any atom is 0.283 e. The Bertz CT molecular complexity index is 1100. The van der Waals surface area contributed by atoms with Crippen molar-refractivity contribution in [2.24, 2.45) is 0 Å². The van der Waals surface area contributed by atoms with Crippen LogP contribution in [0.5, 0.6) is 11.5 Å². The Kier molecular flexibility index (Phi) is 5.25. The summed E-state index contributed by atoms with van der Waals surface area (Å²) in [6.07, 6.45) is -0.902. The van der Waals surface area contributed by atoms with Gasteiger partial charge in [-0.3, -0.25) is 20.4 Å². The lowest BCUT2D eigenvalue weighted by molar-refractivity contribution is -0.131. The normalized spacial score (nSPS) is 15.3. The highest BCUT2D eigenvalue weighted by Crippen LogP contribution is 2.41. The van der Waals surface area contributed by atoms with E-state index in [2.05, 4.69) is 10.9 Å². The van der Waals surface area contributed by atoms with Gasteiger partial charge in [-0.15, -0.1) is 11.3 Å². The highest BCUT2D eigenvalue weighted by atomic mass is 35.5. The molecule has 2 N–H and O–H groups in total. The number of carbonyl (C=O) groups is 2. The molecule has 0 saturated heterocycles. The minimum Gasteiger partial charge on any atom is -0.485 e. The molecule has 2 amide bonds. The van der Waals surface area contributed by atoms with Crippen molar-refractivity contribution in [2.45, 2.75) is 6.10 Å². The molecule has 0 bridgehead atoms. The number of hydrogen-bond acceptors (Lipinski definition) is 5. The zero-order chi connectivity index (χ0) is 19.8. The lowest BCUT2D eigenvalue weighted by atomic mass is 10.2. The van der Waals surface area contributed by atoms with Crippen molar-refractivity contribution in [1.82, 2.24) is 10.9 Å². The number of carbonyl (C=O) groups excluding carboxylic acids is 2. The fraction of sp³-hybridized carbons (Fsp3) is 0.111. The van der Waals surface area contributed by atoms with E-state index in [0.29, 0.717) is 31.6 Å². The Balaban J connectivity index is 1.45. The quantitative estimate of drug-likeness (QED) is 0.557. The number of hydrogen-bond donors (Lipinski definition) is 2. The zero-order valence-corrected chi connectivity index (χ0v) is 17.0. The van der Waals surface area contributed by atoms with Gasteiger partial charge in [0.05, 0.1) is 10.0 Å². The van der Waals surface area contributed by atoms with Gasteiger partial charge in [-0.05, 0) is 24.3 Å². The Morgan fingerprint density at radius 3 is 2.61 bits per heavy atom. The van der Waals surface area contributed by atoms with Crippen LogP contribution >= 0.6 is 46.1 Å². The maximum atomic E-state index is 12.5. The molecule has 3 aromatic rings. The highest BCUT2D eigenvalue weighted by molar-refractivity contribution is 7.21. The predicted octanol–water partition coefficient (Wildman–Crippen LogP) is 4.46. The second kappa shape index (κ2) is 7.67. The lowest BCUT2D eigenvalue weighted by Gasteiger charge is -2.25. The van der Waals surface area contributed by atoms with E-state index in [1.165, 1.54) is 0 Å². The topological polar surface area (TPSA) is 76.7 Å². The van der Waals surface area contributed by atoms with Crippen LogP contribution < -0.4 is 20.3 Å². The Labute approximate surface area is 178 Å². The molecule has 6 nitrogen and oxygen atoms in total. The van der Waals surface area contributed by atoms with Gasteiger partial charge in [-0.2, -0.15) is 0 Å². The summed E-state index contributed by atoms with van der Waals surface area (Å²) in [6, 6.07) is 10.2. The molecular formula is C18H11Cl3N2O4S. The molecule has 0 saturated carbocycles. The summed E-state index contributed by atoms with van der Waals surface area (Å²) >= 11 is 19.6. The van der Waals surface area contributed by atoms with E-state index in [9.17, 15) is 9.59 Å². The standard InChI is InChI=1S/C18H11Cl3N2O4S/c19-8-5-9(20)14-13(6-8)28-16(15(14)21)18(25)23-22-17(24)12-7-26-10-3-1-2-4-11(10)27-12/h1-6,12H,7H2,(H,22,24)(H,23,25). The monoisotopic (exact) mass is 456 g/mol. The first-order valence-electron chi connectivity index (χ1n) is 8.00. The van der Waals surface area contributed by atoms with E-state index in [0.717, 1.165) is 11.3 Å². The van der Waals surface area contributed by atoms with Gasteiger partial charge in [0.15, 0.2) is 11.5 Å². The molecule has 1 unspecified atom stereocenters. The molecule has 0 aliphatic carbocycles. The van der Waals surface area contributed by atoms with Crippen molar-refractivity contribution in [1.29, 1.82) is 0 Å². The van der Waals surface area contributed by atoms with Crippen molar-refractivity contribution >= 4 is 68.0 Å². The van der Waals surface area contributed by atoms with Crippen molar-refractivity contribution in [3.05, 3.63) is 56.3 Å². The molecule has 0 fully saturated rings. The van der Waals surface area contributed by atoms with E-state index in [1.807, 2.05) is 0 Å². The first kappa shape index (κ1) is 19.1. The van der Waals surface area contributed by atoms with Crippen molar-refractivity contribution in [2.75, 3.05) is 6.61 Å². The first-order valence-corrected chi connectivity index (χ1v) is 9.95. The van der Waals surface area contributed by atoms with Gasteiger partial charge in [-0.25, -0.2) is 0 Å². The number of fused-ring (bicyclic) bond motifs is 2. The third-order valence-electron chi connectivity index (χ3n) is 3.96. The van der Waals surface area contributed by atoms with Gasteiger partial charge in [0, 0.05) is 15.1 Å². The number of hydrazine groups is 1. The fourth-order valence-electron chi connectivity index (χ4n) is 2.66. The number of para-hydroxylation sites is 2. The van der Waals surface area contributed by atoms with Crippen molar-refractivity contribution in [3.8, 4) is 11.5 Å². The van der Waals surface area contributed by atoms with Crippen LogP contribution in [0.4, 0.5) is 0 Å². The third kappa shape index (κ3) is 3.58. The molecule has 1 aliphatic heterocycles. The summed E-state index contributed by atoms with van der Waals surface area (Å²) in [6.45, 7) is 0.0243. The van der Waals surface area contributed by atoms with Crippen LogP contribution in [0.3, 0.4) is 0 Å². The van der Waals surface area contributed by atoms with Crippen molar-refractivity contribution in [3.63, 3.8) is 0 Å². The van der Waals surface area contributed by atoms with E-state index >= 15 is 0 Å². The molecule has 10 heteroatoms. The van der Waals surface area contributed by atoms with E-state index in [4.69, 9.17) is 44.3 Å². The number of thiophene rings is 1. The SMILES string of the molecule is O=C(NNC(=O)C1COc2ccccc2O1)c1sc2cc(Cl)cc(Cl)c2c1Cl. The summed E-state index contributed by atoms with van der Waals surface area (Å²) < 4.78 is 11.7.